The van der Waals surface area contributed by atoms with Crippen LogP contribution in [0.15, 0.2) is 42.5 Å². The summed E-state index contributed by atoms with van der Waals surface area (Å²) < 4.78 is 5.70. The molecule has 0 aromatic heterocycles. The summed E-state index contributed by atoms with van der Waals surface area (Å²) in [5, 5.41) is 15.7. The molecule has 3 rings (SSSR count). The molecule has 1 unspecified atom stereocenters. The number of aliphatic hydroxyl groups is 1. The van der Waals surface area contributed by atoms with Crippen LogP contribution in [0.4, 0.5) is 0 Å². The van der Waals surface area contributed by atoms with E-state index >= 15 is 0 Å². The Kier molecular flexibility index (Phi) is 5.56. The maximum Gasteiger partial charge on any atom is 0.237 e. The van der Waals surface area contributed by atoms with Gasteiger partial charge in [-0.25, -0.2) is 0 Å². The first kappa shape index (κ1) is 17.7. The number of carbonyl (C=O) groups is 1. The molecule has 0 heterocycles. The molecule has 0 saturated heterocycles. The third-order valence-corrected chi connectivity index (χ3v) is 5.02. The molecule has 0 spiro atoms. The fraction of sp³-hybridized carbons (Fsp3) is 0.450. The van der Waals surface area contributed by atoms with E-state index < -0.39 is 11.6 Å². The van der Waals surface area contributed by atoms with Crippen LogP contribution in [0.3, 0.4) is 0 Å². The van der Waals surface area contributed by atoms with Gasteiger partial charge in [0.05, 0.1) is 5.54 Å². The van der Waals surface area contributed by atoms with Gasteiger partial charge in [0.2, 0.25) is 5.91 Å². The van der Waals surface area contributed by atoms with E-state index in [1.165, 1.54) is 0 Å². The van der Waals surface area contributed by atoms with E-state index in [1.54, 1.807) is 0 Å². The van der Waals surface area contributed by atoms with Crippen LogP contribution >= 0.6 is 0 Å². The van der Waals surface area contributed by atoms with Crippen molar-refractivity contribution < 1.29 is 14.6 Å². The third kappa shape index (κ3) is 4.30. The minimum absolute atomic E-state index is 0.167. The predicted octanol–water partition coefficient (Wildman–Crippen LogP) is 2.36. The van der Waals surface area contributed by atoms with Crippen molar-refractivity contribution in [2.75, 3.05) is 13.2 Å². The topological polar surface area (TPSA) is 84.6 Å². The lowest BCUT2D eigenvalue weighted by atomic mass is 9.81. The van der Waals surface area contributed by atoms with Gasteiger partial charge in [0.1, 0.15) is 18.5 Å². The highest BCUT2D eigenvalue weighted by Gasteiger charge is 2.37. The first-order valence-corrected chi connectivity index (χ1v) is 8.94. The molecule has 0 radical (unpaired) electrons. The fourth-order valence-corrected chi connectivity index (χ4v) is 3.49. The first-order valence-electron chi connectivity index (χ1n) is 8.94. The number of aliphatic hydroxyl groups excluding tert-OH is 1. The Morgan fingerprint density at radius 2 is 1.88 bits per heavy atom. The summed E-state index contributed by atoms with van der Waals surface area (Å²) in [5.41, 5.74) is 4.91. The van der Waals surface area contributed by atoms with E-state index in [1.807, 2.05) is 42.5 Å². The Balaban J connectivity index is 1.53. The Labute approximate surface area is 148 Å². The van der Waals surface area contributed by atoms with Crippen molar-refractivity contribution in [3.05, 3.63) is 42.5 Å². The van der Waals surface area contributed by atoms with Gasteiger partial charge in [0.15, 0.2) is 0 Å². The van der Waals surface area contributed by atoms with Crippen molar-refractivity contribution in [2.24, 2.45) is 5.73 Å². The molecule has 2 aromatic rings. The smallest absolute Gasteiger partial charge is 0.237 e. The average molecular weight is 342 g/mol. The average Bonchev–Trinajstić information content (AvgIpc) is 2.65. The van der Waals surface area contributed by atoms with Gasteiger partial charge in [0.25, 0.3) is 0 Å². The highest BCUT2D eigenvalue weighted by Crippen LogP contribution is 2.28. The molecule has 2 aromatic carbocycles. The summed E-state index contributed by atoms with van der Waals surface area (Å²) in [4.78, 5) is 11.8. The Morgan fingerprint density at radius 1 is 1.16 bits per heavy atom. The zero-order valence-electron chi connectivity index (χ0n) is 14.4. The molecule has 1 aliphatic carbocycles. The van der Waals surface area contributed by atoms with Crippen molar-refractivity contribution in [2.45, 2.75) is 43.7 Å². The molecule has 0 bridgehead atoms. The molecule has 1 saturated carbocycles. The predicted molar refractivity (Wildman–Crippen MR) is 98.5 cm³/mol. The molecular formula is C20H26N2O3. The van der Waals surface area contributed by atoms with Crippen LogP contribution in [0.2, 0.25) is 0 Å². The van der Waals surface area contributed by atoms with Crippen molar-refractivity contribution >= 4 is 16.7 Å². The lowest BCUT2D eigenvalue weighted by molar-refractivity contribution is -0.126. The number of β-amino-alcohol motifs (C(OH)–C–C–N with tert-alkyl or cyclic N) is 1. The summed E-state index contributed by atoms with van der Waals surface area (Å²) >= 11 is 0. The summed E-state index contributed by atoms with van der Waals surface area (Å²) in [7, 11) is 0. The van der Waals surface area contributed by atoms with Crippen molar-refractivity contribution in [3.8, 4) is 5.75 Å². The minimum atomic E-state index is -0.704. The molecule has 1 aliphatic rings. The van der Waals surface area contributed by atoms with Gasteiger partial charge in [-0.3, -0.25) is 4.79 Å². The van der Waals surface area contributed by atoms with Gasteiger partial charge >= 0.3 is 0 Å². The lowest BCUT2D eigenvalue weighted by Crippen LogP contribution is -2.58. The summed E-state index contributed by atoms with van der Waals surface area (Å²) in [6.45, 7) is 0.455. The van der Waals surface area contributed by atoms with Crippen LogP contribution in [0, 0.1) is 0 Å². The van der Waals surface area contributed by atoms with Crippen LogP contribution < -0.4 is 15.8 Å². The fourth-order valence-electron chi connectivity index (χ4n) is 3.49. The number of amides is 1. The molecule has 134 valence electrons. The number of nitrogens with one attached hydrogen (secondary N) is 1. The van der Waals surface area contributed by atoms with Crippen LogP contribution in [0.25, 0.3) is 10.8 Å². The molecule has 25 heavy (non-hydrogen) atoms. The quantitative estimate of drug-likeness (QED) is 0.721. The second kappa shape index (κ2) is 7.85. The van der Waals surface area contributed by atoms with E-state index in [4.69, 9.17) is 10.5 Å². The number of carbonyl (C=O) groups excluding carboxylic acids is 1. The van der Waals surface area contributed by atoms with Crippen LogP contribution in [-0.4, -0.2) is 35.8 Å². The molecule has 1 atom stereocenters. The van der Waals surface area contributed by atoms with Gasteiger partial charge in [0, 0.05) is 6.54 Å². The van der Waals surface area contributed by atoms with Gasteiger partial charge in [-0.2, -0.15) is 0 Å². The second-order valence-corrected chi connectivity index (χ2v) is 6.86. The van der Waals surface area contributed by atoms with Crippen LogP contribution in [-0.2, 0) is 4.79 Å². The van der Waals surface area contributed by atoms with E-state index in [9.17, 15) is 9.90 Å². The molecule has 1 amide bonds. The molecule has 5 nitrogen and oxygen atoms in total. The number of fused-ring (bicyclic) bond motifs is 1. The Bertz CT molecular complexity index is 726. The molecule has 5 heteroatoms. The molecule has 0 aliphatic heterocycles. The number of ether oxygens (including phenoxy) is 1. The zero-order valence-corrected chi connectivity index (χ0v) is 14.4. The second-order valence-electron chi connectivity index (χ2n) is 6.86. The summed E-state index contributed by atoms with van der Waals surface area (Å²) in [6, 6.07) is 13.9. The number of benzene rings is 2. The number of nitrogens with two attached hydrogens (primary N) is 1. The third-order valence-electron chi connectivity index (χ3n) is 5.02. The summed E-state index contributed by atoms with van der Waals surface area (Å²) in [6.07, 6.45) is 3.87. The highest BCUT2D eigenvalue weighted by molar-refractivity contribution is 5.85. The van der Waals surface area contributed by atoms with Gasteiger partial charge in [-0.05, 0) is 35.7 Å². The number of rotatable bonds is 7. The van der Waals surface area contributed by atoms with Gasteiger partial charge in [-0.15, -0.1) is 0 Å². The van der Waals surface area contributed by atoms with E-state index in [2.05, 4.69) is 5.32 Å². The van der Waals surface area contributed by atoms with Crippen molar-refractivity contribution in [1.82, 2.24) is 5.32 Å². The number of primary amides is 1. The normalized spacial score (nSPS) is 18.0. The Hall–Kier alpha value is -2.11. The maximum atomic E-state index is 11.8. The largest absolute Gasteiger partial charge is 0.491 e. The monoisotopic (exact) mass is 342 g/mol. The first-order chi connectivity index (χ1) is 12.1. The maximum absolute atomic E-state index is 11.8. The number of hydrogen-bond donors (Lipinski definition) is 3. The minimum Gasteiger partial charge on any atom is -0.491 e. The highest BCUT2D eigenvalue weighted by atomic mass is 16.5. The van der Waals surface area contributed by atoms with E-state index in [0.29, 0.717) is 0 Å². The van der Waals surface area contributed by atoms with Crippen LogP contribution in [0.1, 0.15) is 32.1 Å². The molecular weight excluding hydrogens is 316 g/mol. The standard InChI is InChI=1S/C20H26N2O3/c21-19(24)20(10-4-1-5-11-20)22-13-17(23)14-25-18-9-8-15-6-2-3-7-16(15)12-18/h2-3,6-9,12,17,22-23H,1,4-5,10-11,13-14H2,(H2,21,24). The Morgan fingerprint density at radius 3 is 2.60 bits per heavy atom. The zero-order chi connectivity index (χ0) is 17.7. The molecule has 1 fully saturated rings. The van der Waals surface area contributed by atoms with Gasteiger partial charge < -0.3 is 20.9 Å². The van der Waals surface area contributed by atoms with Crippen molar-refractivity contribution in [1.29, 1.82) is 0 Å². The van der Waals surface area contributed by atoms with Crippen molar-refractivity contribution in [3.63, 3.8) is 0 Å². The van der Waals surface area contributed by atoms with E-state index in [-0.39, 0.29) is 19.1 Å². The van der Waals surface area contributed by atoms with Crippen LogP contribution in [0.5, 0.6) is 5.75 Å². The lowest BCUT2D eigenvalue weighted by Gasteiger charge is -2.36. The summed E-state index contributed by atoms with van der Waals surface area (Å²) in [5.74, 6) is 0.398. The van der Waals surface area contributed by atoms with Gasteiger partial charge in [-0.1, -0.05) is 49.6 Å². The molecule has 4 N–H and O–H groups in total. The number of hydrogen-bond acceptors (Lipinski definition) is 4. The van der Waals surface area contributed by atoms with E-state index in [0.717, 1.165) is 48.6 Å². The SMILES string of the molecule is NC(=O)C1(NCC(O)COc2ccc3ccccc3c2)CCCCC1.